The van der Waals surface area contributed by atoms with Gasteiger partial charge in [0.25, 0.3) is 0 Å². The average molecular weight is 208 g/mol. The molecule has 2 aromatic rings. The molecule has 0 saturated heterocycles. The van der Waals surface area contributed by atoms with E-state index in [-0.39, 0.29) is 0 Å². The predicted molar refractivity (Wildman–Crippen MR) is 68.1 cm³/mol. The Morgan fingerprint density at radius 3 is 1.47 bits per heavy atom. The molecule has 0 spiro atoms. The number of hydrogen-bond acceptors (Lipinski definition) is 0. The van der Waals surface area contributed by atoms with Gasteiger partial charge in [-0.25, -0.2) is 0 Å². The smallest absolute Gasteiger partial charge is 0.127 e. The van der Waals surface area contributed by atoms with Crippen LogP contribution in [0.3, 0.4) is 0 Å². The van der Waals surface area contributed by atoms with Crippen LogP contribution in [0.25, 0.3) is 0 Å². The summed E-state index contributed by atoms with van der Waals surface area (Å²) in [5.41, 5.74) is 2.97. The van der Waals surface area contributed by atoms with Gasteiger partial charge in [-0.3, -0.25) is 0 Å². The monoisotopic (exact) mass is 208 g/mol. The van der Waals surface area contributed by atoms with Gasteiger partial charge in [0, 0.05) is 0 Å². The highest BCUT2D eigenvalue weighted by Crippen LogP contribution is 1.91. The Bertz CT molecular complexity index is 414. The van der Waals surface area contributed by atoms with Gasteiger partial charge in [-0.2, -0.15) is 0 Å². The van der Waals surface area contributed by atoms with Crippen LogP contribution in [0.2, 0.25) is 0 Å². The van der Waals surface area contributed by atoms with E-state index >= 15 is 0 Å². The number of hydrogen-bond donors (Lipinski definition) is 0. The minimum Gasteiger partial charge on any atom is -0.127 e. The zero-order valence-electron chi connectivity index (χ0n) is 8.43. The molecule has 0 heterocycles. The van der Waals surface area contributed by atoms with E-state index in [1.165, 1.54) is 10.4 Å². The van der Waals surface area contributed by atoms with Gasteiger partial charge in [0.1, 0.15) is 0 Å². The summed E-state index contributed by atoms with van der Waals surface area (Å²) in [7, 11) is -1.40. The summed E-state index contributed by atoms with van der Waals surface area (Å²) in [4.78, 5) is 0. The second-order valence-electron chi connectivity index (χ2n) is 3.42. The molecule has 0 radical (unpaired) electrons. The molecular formula is C14H12Si. The fraction of sp³-hybridized carbons (Fsp3) is 0. The Labute approximate surface area is 92.2 Å². The molecule has 0 aliphatic heterocycles. The summed E-state index contributed by atoms with van der Waals surface area (Å²) in [5, 5.41) is 2.62. The van der Waals surface area contributed by atoms with E-state index in [2.05, 4.69) is 54.1 Å². The van der Waals surface area contributed by atoms with E-state index in [4.69, 9.17) is 6.42 Å². The molecule has 72 valence electrons. The Hall–Kier alpha value is -1.78. The van der Waals surface area contributed by atoms with Crippen LogP contribution in [-0.4, -0.2) is 8.80 Å². The quantitative estimate of drug-likeness (QED) is 0.514. The lowest BCUT2D eigenvalue weighted by molar-refractivity contribution is 1.74. The lowest BCUT2D eigenvalue weighted by Crippen LogP contribution is -2.40. The summed E-state index contributed by atoms with van der Waals surface area (Å²) in [6.07, 6.45) is 5.65. The van der Waals surface area contributed by atoms with Crippen molar-refractivity contribution in [3.05, 3.63) is 60.7 Å². The van der Waals surface area contributed by atoms with Crippen molar-refractivity contribution in [1.82, 2.24) is 0 Å². The second-order valence-corrected chi connectivity index (χ2v) is 5.95. The van der Waals surface area contributed by atoms with Gasteiger partial charge >= 0.3 is 0 Å². The van der Waals surface area contributed by atoms with Crippen LogP contribution in [-0.2, 0) is 0 Å². The van der Waals surface area contributed by atoms with Crippen LogP contribution in [0.1, 0.15) is 0 Å². The SMILES string of the molecule is C#C[SiH](c1ccccc1)c1ccccc1. The number of terminal acetylenes is 1. The molecule has 2 rings (SSSR count). The first kappa shape index (κ1) is 9.76. The van der Waals surface area contributed by atoms with E-state index < -0.39 is 8.80 Å². The lowest BCUT2D eigenvalue weighted by atomic mass is 10.4. The fourth-order valence-electron chi connectivity index (χ4n) is 1.68. The van der Waals surface area contributed by atoms with Crippen LogP contribution in [0, 0.1) is 12.0 Å². The lowest BCUT2D eigenvalue weighted by Gasteiger charge is -2.08. The summed E-state index contributed by atoms with van der Waals surface area (Å²) in [6, 6.07) is 20.8. The first-order chi connectivity index (χ1) is 7.42. The van der Waals surface area contributed by atoms with Crippen LogP contribution in [0.5, 0.6) is 0 Å². The molecule has 0 N–H and O–H groups in total. The molecule has 0 atom stereocenters. The van der Waals surface area contributed by atoms with Crippen LogP contribution >= 0.6 is 0 Å². The Morgan fingerprint density at radius 1 is 0.733 bits per heavy atom. The first-order valence-corrected chi connectivity index (χ1v) is 6.71. The van der Waals surface area contributed by atoms with Gasteiger partial charge in [0.2, 0.25) is 0 Å². The second kappa shape index (κ2) is 4.63. The molecule has 0 nitrogen and oxygen atoms in total. The topological polar surface area (TPSA) is 0 Å². The summed E-state index contributed by atoms with van der Waals surface area (Å²) in [6.45, 7) is 0. The van der Waals surface area contributed by atoms with Crippen molar-refractivity contribution in [2.75, 3.05) is 0 Å². The van der Waals surface area contributed by atoms with E-state index in [9.17, 15) is 0 Å². The van der Waals surface area contributed by atoms with E-state index in [1.54, 1.807) is 0 Å². The molecule has 0 aromatic heterocycles. The maximum atomic E-state index is 5.65. The maximum Gasteiger partial charge on any atom is 0.183 e. The van der Waals surface area contributed by atoms with Gasteiger partial charge in [0.05, 0.1) is 0 Å². The highest BCUT2D eigenvalue weighted by Gasteiger charge is 2.11. The van der Waals surface area contributed by atoms with Gasteiger partial charge in [-0.15, -0.1) is 12.0 Å². The highest BCUT2D eigenvalue weighted by atomic mass is 28.3. The molecule has 0 amide bonds. The van der Waals surface area contributed by atoms with Crippen molar-refractivity contribution in [3.8, 4) is 12.0 Å². The zero-order chi connectivity index (χ0) is 10.5. The molecule has 0 aliphatic rings. The third kappa shape index (κ3) is 2.17. The van der Waals surface area contributed by atoms with Crippen LogP contribution in [0.4, 0.5) is 0 Å². The standard InChI is InChI=1S/C14H12Si/c1-2-15(13-9-5-3-6-10-13)14-11-7-4-8-12-14/h1,3-12,15H. The summed E-state index contributed by atoms with van der Waals surface area (Å²) < 4.78 is 0. The van der Waals surface area contributed by atoms with Crippen molar-refractivity contribution < 1.29 is 0 Å². The van der Waals surface area contributed by atoms with Crippen molar-refractivity contribution in [3.63, 3.8) is 0 Å². The molecule has 15 heavy (non-hydrogen) atoms. The molecule has 0 aliphatic carbocycles. The Balaban J connectivity index is 2.39. The van der Waals surface area contributed by atoms with Crippen molar-refractivity contribution in [1.29, 1.82) is 0 Å². The molecule has 0 bridgehead atoms. The summed E-state index contributed by atoms with van der Waals surface area (Å²) in [5.74, 6) is 0. The zero-order valence-corrected chi connectivity index (χ0v) is 9.58. The molecule has 0 fully saturated rings. The van der Waals surface area contributed by atoms with E-state index in [1.807, 2.05) is 12.1 Å². The largest absolute Gasteiger partial charge is 0.183 e. The van der Waals surface area contributed by atoms with Gasteiger partial charge in [-0.05, 0) is 10.4 Å². The number of rotatable bonds is 2. The maximum absolute atomic E-state index is 5.65. The van der Waals surface area contributed by atoms with Crippen molar-refractivity contribution in [2.24, 2.45) is 0 Å². The summed E-state index contributed by atoms with van der Waals surface area (Å²) >= 11 is 0. The van der Waals surface area contributed by atoms with E-state index in [0.717, 1.165) is 0 Å². The van der Waals surface area contributed by atoms with Crippen LogP contribution < -0.4 is 10.4 Å². The fourth-order valence-corrected chi connectivity index (χ4v) is 3.66. The molecule has 1 heteroatoms. The highest BCUT2D eigenvalue weighted by molar-refractivity contribution is 6.91. The normalized spacial score (nSPS) is 9.87. The average Bonchev–Trinajstić information content (AvgIpc) is 2.33. The molecule has 0 unspecified atom stereocenters. The van der Waals surface area contributed by atoms with Gasteiger partial charge in [-0.1, -0.05) is 60.7 Å². The first-order valence-electron chi connectivity index (χ1n) is 4.98. The molecule has 0 saturated carbocycles. The van der Waals surface area contributed by atoms with Crippen molar-refractivity contribution in [2.45, 2.75) is 0 Å². The van der Waals surface area contributed by atoms with E-state index in [0.29, 0.717) is 0 Å². The minimum atomic E-state index is -1.40. The van der Waals surface area contributed by atoms with Crippen LogP contribution in [0.15, 0.2) is 60.7 Å². The minimum absolute atomic E-state index is 1.31. The Kier molecular flexibility index (Phi) is 3.01. The van der Waals surface area contributed by atoms with Gasteiger partial charge in [0.15, 0.2) is 8.80 Å². The Morgan fingerprint density at radius 2 is 1.13 bits per heavy atom. The predicted octanol–water partition coefficient (Wildman–Crippen LogP) is 1.20. The number of benzene rings is 2. The third-order valence-corrected chi connectivity index (χ3v) is 4.87. The van der Waals surface area contributed by atoms with Gasteiger partial charge < -0.3 is 0 Å². The molecular weight excluding hydrogens is 196 g/mol. The molecule has 2 aromatic carbocycles. The van der Waals surface area contributed by atoms with Crippen molar-refractivity contribution >= 4 is 19.2 Å². The third-order valence-electron chi connectivity index (χ3n) is 2.43.